The Labute approximate surface area is 204 Å². The van der Waals surface area contributed by atoms with Gasteiger partial charge in [0.15, 0.2) is 0 Å². The maximum Gasteiger partial charge on any atom is 0.392 e. The first kappa shape index (κ1) is 25.2. The predicted molar refractivity (Wildman–Crippen MR) is 134 cm³/mol. The molecule has 10 heteroatoms. The SMILES string of the molecule is CC1=C(/C(=C\CC(F)(F)F)NC2CCNCC2)Nc2ccc(N3CCN(CCN)CC3)cc2S1. The Morgan fingerprint density at radius 2 is 1.94 bits per heavy atom. The first-order valence-corrected chi connectivity index (χ1v) is 12.9. The van der Waals surface area contributed by atoms with Crippen molar-refractivity contribution < 1.29 is 13.2 Å². The van der Waals surface area contributed by atoms with E-state index in [1.54, 1.807) is 11.8 Å². The number of hydrogen-bond donors (Lipinski definition) is 4. The van der Waals surface area contributed by atoms with Crippen molar-refractivity contribution in [3.63, 3.8) is 0 Å². The zero-order valence-electron chi connectivity index (χ0n) is 19.7. The number of thioether (sulfide) groups is 1. The molecule has 4 rings (SSSR count). The van der Waals surface area contributed by atoms with Crippen molar-refractivity contribution in [2.24, 2.45) is 5.73 Å². The topological polar surface area (TPSA) is 68.6 Å². The number of anilines is 2. The van der Waals surface area contributed by atoms with Crippen LogP contribution in [-0.2, 0) is 0 Å². The molecule has 3 heterocycles. The molecular weight excluding hydrogens is 461 g/mol. The fourth-order valence-corrected chi connectivity index (χ4v) is 5.64. The predicted octanol–water partition coefficient (Wildman–Crippen LogP) is 3.69. The van der Waals surface area contributed by atoms with Gasteiger partial charge in [-0.3, -0.25) is 4.90 Å². The van der Waals surface area contributed by atoms with Gasteiger partial charge in [0.2, 0.25) is 0 Å². The summed E-state index contributed by atoms with van der Waals surface area (Å²) in [4.78, 5) is 6.83. The van der Waals surface area contributed by atoms with Crippen LogP contribution in [-0.4, -0.2) is 69.5 Å². The molecule has 0 unspecified atom stereocenters. The number of nitrogens with zero attached hydrogens (tertiary/aromatic N) is 2. The number of nitrogens with two attached hydrogens (primary N) is 1. The zero-order valence-corrected chi connectivity index (χ0v) is 20.5. The second-order valence-electron chi connectivity index (χ2n) is 9.06. The maximum absolute atomic E-state index is 13.0. The van der Waals surface area contributed by atoms with E-state index in [1.165, 1.54) is 11.8 Å². The van der Waals surface area contributed by atoms with Crippen molar-refractivity contribution in [1.29, 1.82) is 0 Å². The van der Waals surface area contributed by atoms with Crippen LogP contribution in [0.4, 0.5) is 24.5 Å². The van der Waals surface area contributed by atoms with Crippen LogP contribution in [0.3, 0.4) is 0 Å². The third kappa shape index (κ3) is 6.62. The fourth-order valence-electron chi connectivity index (χ4n) is 4.64. The molecule has 3 aliphatic rings. The lowest BCUT2D eigenvalue weighted by Crippen LogP contribution is -2.47. The van der Waals surface area contributed by atoms with Gasteiger partial charge in [-0.2, -0.15) is 13.2 Å². The largest absolute Gasteiger partial charge is 0.392 e. The Morgan fingerprint density at radius 1 is 1.21 bits per heavy atom. The highest BCUT2D eigenvalue weighted by molar-refractivity contribution is 8.03. The van der Waals surface area contributed by atoms with E-state index in [0.717, 1.165) is 79.8 Å². The van der Waals surface area contributed by atoms with E-state index in [2.05, 4.69) is 37.9 Å². The van der Waals surface area contributed by atoms with Crippen molar-refractivity contribution in [3.05, 3.63) is 40.6 Å². The molecule has 3 aliphatic heterocycles. The normalized spacial score (nSPS) is 20.9. The zero-order chi connectivity index (χ0) is 24.1. The molecule has 188 valence electrons. The molecule has 0 bridgehead atoms. The third-order valence-electron chi connectivity index (χ3n) is 6.53. The molecule has 2 saturated heterocycles. The number of alkyl halides is 3. The number of halogens is 3. The lowest BCUT2D eigenvalue weighted by molar-refractivity contribution is -0.125. The summed E-state index contributed by atoms with van der Waals surface area (Å²) in [5.41, 5.74) is 9.07. The van der Waals surface area contributed by atoms with Crippen LogP contribution in [0.2, 0.25) is 0 Å². The number of piperazine rings is 1. The van der Waals surface area contributed by atoms with Crippen LogP contribution in [0.1, 0.15) is 26.2 Å². The molecule has 0 saturated carbocycles. The van der Waals surface area contributed by atoms with Gasteiger partial charge in [-0.05, 0) is 51.1 Å². The summed E-state index contributed by atoms with van der Waals surface area (Å²) >= 11 is 1.62. The van der Waals surface area contributed by atoms with Crippen molar-refractivity contribution >= 4 is 23.1 Å². The van der Waals surface area contributed by atoms with Crippen LogP contribution in [0.5, 0.6) is 0 Å². The minimum absolute atomic E-state index is 0.162. The molecule has 0 radical (unpaired) electrons. The van der Waals surface area contributed by atoms with E-state index in [-0.39, 0.29) is 6.04 Å². The molecule has 6 nitrogen and oxygen atoms in total. The van der Waals surface area contributed by atoms with Gasteiger partial charge in [-0.1, -0.05) is 17.8 Å². The van der Waals surface area contributed by atoms with Crippen LogP contribution in [0.15, 0.2) is 45.5 Å². The summed E-state index contributed by atoms with van der Waals surface area (Å²) in [5.74, 6) is 0. The molecule has 5 N–H and O–H groups in total. The Morgan fingerprint density at radius 3 is 2.62 bits per heavy atom. The number of hydrogen-bond acceptors (Lipinski definition) is 7. The molecular formula is C24H35F3N6S. The summed E-state index contributed by atoms with van der Waals surface area (Å²) in [6, 6.07) is 6.49. The number of nitrogens with one attached hydrogen (secondary N) is 3. The highest BCUT2D eigenvalue weighted by atomic mass is 32.2. The summed E-state index contributed by atoms with van der Waals surface area (Å²) in [7, 11) is 0. The van der Waals surface area contributed by atoms with E-state index < -0.39 is 12.6 Å². The van der Waals surface area contributed by atoms with Crippen LogP contribution >= 0.6 is 11.8 Å². The van der Waals surface area contributed by atoms with E-state index in [4.69, 9.17) is 5.73 Å². The minimum atomic E-state index is -4.24. The van der Waals surface area contributed by atoms with E-state index in [9.17, 15) is 13.2 Å². The van der Waals surface area contributed by atoms with Crippen molar-refractivity contribution in [1.82, 2.24) is 15.5 Å². The lowest BCUT2D eigenvalue weighted by Gasteiger charge is -2.36. The number of fused-ring (bicyclic) bond motifs is 1. The summed E-state index contributed by atoms with van der Waals surface area (Å²) in [6.07, 6.45) is -2.12. The molecule has 0 spiro atoms. The Bertz CT molecular complexity index is 902. The summed E-state index contributed by atoms with van der Waals surface area (Å²) < 4.78 is 39.1. The highest BCUT2D eigenvalue weighted by Crippen LogP contribution is 2.43. The molecule has 0 amide bonds. The van der Waals surface area contributed by atoms with E-state index in [0.29, 0.717) is 12.2 Å². The summed E-state index contributed by atoms with van der Waals surface area (Å²) in [5, 5.41) is 10.1. The van der Waals surface area contributed by atoms with Gasteiger partial charge in [-0.25, -0.2) is 0 Å². The third-order valence-corrected chi connectivity index (χ3v) is 7.60. The highest BCUT2D eigenvalue weighted by Gasteiger charge is 2.28. The number of piperidine rings is 1. The molecule has 0 aromatic heterocycles. The lowest BCUT2D eigenvalue weighted by atomic mass is 10.1. The number of rotatable bonds is 7. The Kier molecular flexibility index (Phi) is 8.34. The van der Waals surface area contributed by atoms with Gasteiger partial charge in [0, 0.05) is 60.8 Å². The van der Waals surface area contributed by atoms with Gasteiger partial charge < -0.3 is 26.6 Å². The van der Waals surface area contributed by atoms with Crippen molar-refractivity contribution in [2.45, 2.75) is 43.3 Å². The van der Waals surface area contributed by atoms with E-state index >= 15 is 0 Å². The Balaban J connectivity index is 1.50. The van der Waals surface area contributed by atoms with Crippen LogP contribution in [0, 0.1) is 0 Å². The number of allylic oxidation sites excluding steroid dienone is 2. The molecule has 34 heavy (non-hydrogen) atoms. The fraction of sp³-hybridized carbons (Fsp3) is 0.583. The monoisotopic (exact) mass is 496 g/mol. The average Bonchev–Trinajstić information content (AvgIpc) is 2.82. The second-order valence-corrected chi connectivity index (χ2v) is 10.3. The quantitative estimate of drug-likeness (QED) is 0.459. The first-order valence-electron chi connectivity index (χ1n) is 12.0. The summed E-state index contributed by atoms with van der Waals surface area (Å²) in [6.45, 7) is 9.24. The smallest absolute Gasteiger partial charge is 0.381 e. The molecule has 1 aromatic carbocycles. The van der Waals surface area contributed by atoms with Crippen molar-refractivity contribution in [2.75, 3.05) is 62.6 Å². The Hall–Kier alpha value is -1.88. The van der Waals surface area contributed by atoms with Gasteiger partial charge in [0.1, 0.15) is 0 Å². The van der Waals surface area contributed by atoms with Gasteiger partial charge in [0.25, 0.3) is 0 Å². The van der Waals surface area contributed by atoms with Gasteiger partial charge in [-0.15, -0.1) is 0 Å². The standard InChI is InChI=1S/C24H35F3N6S/c1-17-23(21(4-7-24(25,26)27)30-18-5-9-29-10-6-18)31-20-3-2-19(16-22(20)34-17)33-14-12-32(11-8-28)13-15-33/h2-4,16,18,29-31H,5-15,28H2,1H3/b21-4+. The van der Waals surface area contributed by atoms with Gasteiger partial charge in [0.05, 0.1) is 23.5 Å². The van der Waals surface area contributed by atoms with Crippen molar-refractivity contribution in [3.8, 4) is 0 Å². The first-order chi connectivity index (χ1) is 16.3. The average molecular weight is 497 g/mol. The number of benzene rings is 1. The molecule has 0 aliphatic carbocycles. The van der Waals surface area contributed by atoms with Gasteiger partial charge >= 0.3 is 6.18 Å². The van der Waals surface area contributed by atoms with E-state index in [1.807, 2.05) is 13.0 Å². The second kappa shape index (κ2) is 11.2. The molecule has 0 atom stereocenters. The van der Waals surface area contributed by atoms with Crippen LogP contribution in [0.25, 0.3) is 0 Å². The maximum atomic E-state index is 13.0. The minimum Gasteiger partial charge on any atom is -0.381 e. The van der Waals surface area contributed by atoms with Crippen LogP contribution < -0.4 is 26.6 Å². The molecule has 2 fully saturated rings. The molecule has 1 aromatic rings.